The average molecular weight is 270 g/mol. The van der Waals surface area contributed by atoms with E-state index in [0.29, 0.717) is 12.7 Å². The molecule has 1 atom stereocenters. The molecule has 0 aliphatic carbocycles. The van der Waals surface area contributed by atoms with E-state index >= 15 is 0 Å². The van der Waals surface area contributed by atoms with Crippen LogP contribution in [0.1, 0.15) is 11.1 Å². The Kier molecular flexibility index (Phi) is 3.88. The van der Waals surface area contributed by atoms with Crippen molar-refractivity contribution in [3.05, 3.63) is 59.7 Å². The maximum absolute atomic E-state index is 5.62. The lowest BCUT2D eigenvalue weighted by Gasteiger charge is -2.07. The fourth-order valence-corrected chi connectivity index (χ4v) is 2.04. The summed E-state index contributed by atoms with van der Waals surface area (Å²) in [6.07, 6.45) is 1.21. The van der Waals surface area contributed by atoms with Crippen LogP contribution in [0, 0.1) is 0 Å². The lowest BCUT2D eigenvalue weighted by molar-refractivity contribution is 0.263. The maximum atomic E-state index is 5.62. The summed E-state index contributed by atoms with van der Waals surface area (Å²) >= 11 is 0. The Morgan fingerprint density at radius 2 is 1.50 bits per heavy atom. The third kappa shape index (κ3) is 3.52. The molecule has 1 unspecified atom stereocenters. The predicted octanol–water partition coefficient (Wildman–Crippen LogP) is 3.06. The zero-order chi connectivity index (χ0) is 13.8. The van der Waals surface area contributed by atoms with Gasteiger partial charge >= 0.3 is 0 Å². The van der Waals surface area contributed by atoms with Gasteiger partial charge in [0.25, 0.3) is 0 Å². The molecule has 0 aromatic heterocycles. The van der Waals surface area contributed by atoms with Crippen molar-refractivity contribution < 1.29 is 14.2 Å². The van der Waals surface area contributed by atoms with Gasteiger partial charge in [0.2, 0.25) is 0 Å². The van der Waals surface area contributed by atoms with Crippen LogP contribution in [0.5, 0.6) is 11.5 Å². The summed E-state index contributed by atoms with van der Waals surface area (Å²) in [4.78, 5) is 0. The third-order valence-corrected chi connectivity index (χ3v) is 3.33. The van der Waals surface area contributed by atoms with Gasteiger partial charge < -0.3 is 14.2 Å². The zero-order valence-corrected chi connectivity index (χ0v) is 11.5. The van der Waals surface area contributed by atoms with Crippen molar-refractivity contribution in [1.29, 1.82) is 0 Å². The summed E-state index contributed by atoms with van der Waals surface area (Å²) in [5, 5.41) is 0. The molecule has 1 saturated heterocycles. The Bertz CT molecular complexity index is 541. The van der Waals surface area contributed by atoms with E-state index in [1.54, 1.807) is 7.11 Å². The minimum absolute atomic E-state index is 0.300. The van der Waals surface area contributed by atoms with Gasteiger partial charge in [0, 0.05) is 0 Å². The summed E-state index contributed by atoms with van der Waals surface area (Å²) < 4.78 is 15.9. The Morgan fingerprint density at radius 3 is 2.00 bits per heavy atom. The number of epoxide rings is 1. The number of benzene rings is 2. The summed E-state index contributed by atoms with van der Waals surface area (Å²) in [6.45, 7) is 1.48. The number of methoxy groups -OCH3 is 1. The third-order valence-electron chi connectivity index (χ3n) is 3.33. The molecule has 1 heterocycles. The normalized spacial score (nSPS) is 16.8. The number of hydrogen-bond acceptors (Lipinski definition) is 3. The van der Waals surface area contributed by atoms with Gasteiger partial charge in [0.05, 0.1) is 13.7 Å². The zero-order valence-electron chi connectivity index (χ0n) is 11.5. The molecule has 0 saturated carbocycles. The van der Waals surface area contributed by atoms with Crippen molar-refractivity contribution in [2.75, 3.05) is 20.3 Å². The standard InChI is InChI=1S/C17H18O3/c1-18-15-6-2-13(3-7-15)10-14-4-8-16(9-5-14)19-11-17-12-20-17/h2-9,17H,10-12H2,1H3. The van der Waals surface area contributed by atoms with E-state index in [2.05, 4.69) is 24.3 Å². The van der Waals surface area contributed by atoms with Gasteiger partial charge in [-0.15, -0.1) is 0 Å². The molecule has 0 amide bonds. The van der Waals surface area contributed by atoms with Crippen LogP contribution in [-0.4, -0.2) is 26.4 Å². The molecule has 1 aliphatic heterocycles. The summed E-state index contributed by atoms with van der Waals surface area (Å²) in [5.41, 5.74) is 2.54. The maximum Gasteiger partial charge on any atom is 0.119 e. The van der Waals surface area contributed by atoms with Crippen molar-refractivity contribution in [2.24, 2.45) is 0 Å². The van der Waals surface area contributed by atoms with Gasteiger partial charge in [0.1, 0.15) is 24.2 Å². The Labute approximate surface area is 119 Å². The highest BCUT2D eigenvalue weighted by atomic mass is 16.6. The number of hydrogen-bond donors (Lipinski definition) is 0. The summed E-state index contributed by atoms with van der Waals surface area (Å²) in [7, 11) is 1.68. The molecule has 0 N–H and O–H groups in total. The van der Waals surface area contributed by atoms with Crippen LogP contribution >= 0.6 is 0 Å². The van der Waals surface area contributed by atoms with Crippen LogP contribution in [0.4, 0.5) is 0 Å². The van der Waals surface area contributed by atoms with Gasteiger partial charge in [-0.05, 0) is 41.8 Å². The van der Waals surface area contributed by atoms with Crippen LogP contribution in [0.25, 0.3) is 0 Å². The predicted molar refractivity (Wildman–Crippen MR) is 77.5 cm³/mol. The van der Waals surface area contributed by atoms with Crippen molar-refractivity contribution in [2.45, 2.75) is 12.5 Å². The van der Waals surface area contributed by atoms with E-state index in [4.69, 9.17) is 14.2 Å². The highest BCUT2D eigenvalue weighted by Crippen LogP contribution is 2.19. The fraction of sp³-hybridized carbons (Fsp3) is 0.294. The second-order valence-electron chi connectivity index (χ2n) is 4.94. The van der Waals surface area contributed by atoms with Gasteiger partial charge in [0.15, 0.2) is 0 Å². The van der Waals surface area contributed by atoms with Gasteiger partial charge in [-0.25, -0.2) is 0 Å². The molecule has 104 valence electrons. The first kappa shape index (κ1) is 13.0. The van der Waals surface area contributed by atoms with E-state index in [-0.39, 0.29) is 0 Å². The Morgan fingerprint density at radius 1 is 0.950 bits per heavy atom. The van der Waals surface area contributed by atoms with Crippen LogP contribution in [-0.2, 0) is 11.2 Å². The first-order valence-corrected chi connectivity index (χ1v) is 6.80. The van der Waals surface area contributed by atoms with Gasteiger partial charge in [-0.2, -0.15) is 0 Å². The van der Waals surface area contributed by atoms with E-state index in [1.807, 2.05) is 24.3 Å². The van der Waals surface area contributed by atoms with Crippen LogP contribution in [0.3, 0.4) is 0 Å². The molecule has 3 nitrogen and oxygen atoms in total. The fourth-order valence-electron chi connectivity index (χ4n) is 2.04. The minimum atomic E-state index is 0.300. The molecular weight excluding hydrogens is 252 g/mol. The Hall–Kier alpha value is -2.00. The monoisotopic (exact) mass is 270 g/mol. The molecule has 3 rings (SSSR count). The quantitative estimate of drug-likeness (QED) is 0.756. The highest BCUT2D eigenvalue weighted by Gasteiger charge is 2.22. The molecule has 0 radical (unpaired) electrons. The molecule has 20 heavy (non-hydrogen) atoms. The van der Waals surface area contributed by atoms with Crippen molar-refractivity contribution >= 4 is 0 Å². The molecule has 2 aromatic rings. The lowest BCUT2D eigenvalue weighted by Crippen LogP contribution is -2.03. The second kappa shape index (κ2) is 5.97. The summed E-state index contributed by atoms with van der Waals surface area (Å²) in [6, 6.07) is 16.4. The molecule has 3 heteroatoms. The molecular formula is C17H18O3. The molecule has 2 aromatic carbocycles. The van der Waals surface area contributed by atoms with Crippen LogP contribution < -0.4 is 9.47 Å². The van der Waals surface area contributed by atoms with Crippen molar-refractivity contribution in [3.63, 3.8) is 0 Å². The number of ether oxygens (including phenoxy) is 3. The Balaban J connectivity index is 1.58. The van der Waals surface area contributed by atoms with E-state index < -0.39 is 0 Å². The molecule has 1 aliphatic rings. The lowest BCUT2D eigenvalue weighted by atomic mass is 10.0. The molecule has 0 spiro atoms. The van der Waals surface area contributed by atoms with E-state index in [0.717, 1.165) is 24.5 Å². The molecule has 0 bridgehead atoms. The van der Waals surface area contributed by atoms with Crippen LogP contribution in [0.15, 0.2) is 48.5 Å². The minimum Gasteiger partial charge on any atom is -0.497 e. The average Bonchev–Trinajstić information content (AvgIpc) is 3.32. The van der Waals surface area contributed by atoms with E-state index in [9.17, 15) is 0 Å². The van der Waals surface area contributed by atoms with E-state index in [1.165, 1.54) is 11.1 Å². The van der Waals surface area contributed by atoms with Crippen LogP contribution in [0.2, 0.25) is 0 Å². The second-order valence-corrected chi connectivity index (χ2v) is 4.94. The molecule has 1 fully saturated rings. The topological polar surface area (TPSA) is 31.0 Å². The van der Waals surface area contributed by atoms with Crippen molar-refractivity contribution in [1.82, 2.24) is 0 Å². The first-order valence-electron chi connectivity index (χ1n) is 6.80. The van der Waals surface area contributed by atoms with Crippen molar-refractivity contribution in [3.8, 4) is 11.5 Å². The number of rotatable bonds is 6. The SMILES string of the molecule is COc1ccc(Cc2ccc(OCC3CO3)cc2)cc1. The van der Waals surface area contributed by atoms with Gasteiger partial charge in [-0.3, -0.25) is 0 Å². The van der Waals surface area contributed by atoms with Gasteiger partial charge in [-0.1, -0.05) is 24.3 Å². The summed E-state index contributed by atoms with van der Waals surface area (Å²) in [5.74, 6) is 1.79. The largest absolute Gasteiger partial charge is 0.497 e. The highest BCUT2D eigenvalue weighted by molar-refractivity contribution is 5.34. The first-order chi connectivity index (χ1) is 9.83. The smallest absolute Gasteiger partial charge is 0.119 e.